The van der Waals surface area contributed by atoms with Gasteiger partial charge in [0.15, 0.2) is 0 Å². The number of hydrogen-bond acceptors (Lipinski definition) is 10. The number of allylic oxidation sites excluding steroid dienone is 4. The summed E-state index contributed by atoms with van der Waals surface area (Å²) in [6.45, 7) is 4.41. The fourth-order valence-corrected chi connectivity index (χ4v) is 5.22. The lowest BCUT2D eigenvalue weighted by Gasteiger charge is -2.27. The first-order valence-corrected chi connectivity index (χ1v) is 12.9. The van der Waals surface area contributed by atoms with Crippen LogP contribution in [0.3, 0.4) is 0 Å². The number of aliphatic hydroxyl groups excluding tert-OH is 2. The Bertz CT molecular complexity index is 877. The van der Waals surface area contributed by atoms with Gasteiger partial charge in [-0.2, -0.15) is 0 Å². The van der Waals surface area contributed by atoms with Crippen molar-refractivity contribution in [2.45, 2.75) is 59.0 Å². The minimum atomic E-state index is -0.623. The summed E-state index contributed by atoms with van der Waals surface area (Å²) in [7, 11) is 0. The van der Waals surface area contributed by atoms with Crippen molar-refractivity contribution in [3.63, 3.8) is 0 Å². The molecule has 0 heterocycles. The smallest absolute Gasteiger partial charge is 0.306 e. The molecule has 0 aromatic rings. The second-order valence-electron chi connectivity index (χ2n) is 9.68. The van der Waals surface area contributed by atoms with Crippen LogP contribution in [0, 0.1) is 35.5 Å². The van der Waals surface area contributed by atoms with Crippen LogP contribution in [-0.2, 0) is 38.2 Å². The SMILES string of the molecule is CC=C(C=O)C(CC=O)CC(=O)OCC(CO)C1CC(OC(=O)CC(CC=O)C(C=O)=CC)C(C)C1CO. The van der Waals surface area contributed by atoms with Gasteiger partial charge in [-0.15, -0.1) is 0 Å². The van der Waals surface area contributed by atoms with Crippen molar-refractivity contribution < 1.29 is 48.5 Å². The maximum atomic E-state index is 12.7. The van der Waals surface area contributed by atoms with Gasteiger partial charge in [-0.05, 0) is 49.2 Å². The summed E-state index contributed by atoms with van der Waals surface area (Å²) in [5.74, 6) is -3.81. The molecule has 1 aliphatic rings. The Kier molecular flexibility index (Phi) is 15.2. The van der Waals surface area contributed by atoms with Crippen LogP contribution in [0.4, 0.5) is 0 Å². The molecule has 0 amide bonds. The van der Waals surface area contributed by atoms with E-state index in [1.54, 1.807) is 19.9 Å². The zero-order valence-electron chi connectivity index (χ0n) is 22.3. The van der Waals surface area contributed by atoms with Gasteiger partial charge in [0.1, 0.15) is 31.2 Å². The summed E-state index contributed by atoms with van der Waals surface area (Å²) in [5.41, 5.74) is 0.666. The van der Waals surface area contributed by atoms with Crippen molar-refractivity contribution in [1.82, 2.24) is 0 Å². The molecule has 1 saturated carbocycles. The minimum Gasteiger partial charge on any atom is -0.465 e. The Hall–Kier alpha value is -2.98. The van der Waals surface area contributed by atoms with E-state index in [1.807, 2.05) is 6.92 Å². The average Bonchev–Trinajstić information content (AvgIpc) is 3.20. The molecular weight excluding hydrogens is 496 g/mol. The molecule has 1 aliphatic carbocycles. The van der Waals surface area contributed by atoms with E-state index >= 15 is 0 Å². The highest BCUT2D eigenvalue weighted by Crippen LogP contribution is 2.43. The number of esters is 2. The molecular formula is C28H40O10. The van der Waals surface area contributed by atoms with Crippen LogP contribution in [0.15, 0.2) is 23.3 Å². The first kappa shape index (κ1) is 33.0. The van der Waals surface area contributed by atoms with Crippen LogP contribution in [0.5, 0.6) is 0 Å². The summed E-state index contributed by atoms with van der Waals surface area (Å²) in [5, 5.41) is 20.1. The monoisotopic (exact) mass is 536 g/mol. The molecule has 0 saturated heterocycles. The van der Waals surface area contributed by atoms with E-state index in [0.29, 0.717) is 42.7 Å². The molecule has 1 rings (SSSR count). The summed E-state index contributed by atoms with van der Waals surface area (Å²) >= 11 is 0. The van der Waals surface area contributed by atoms with Gasteiger partial charge in [0, 0.05) is 43.8 Å². The second kappa shape index (κ2) is 17.5. The lowest BCUT2D eigenvalue weighted by Crippen LogP contribution is -2.31. The number of rotatable bonds is 18. The molecule has 0 radical (unpaired) electrons. The van der Waals surface area contributed by atoms with Crippen LogP contribution in [0.1, 0.15) is 52.9 Å². The van der Waals surface area contributed by atoms with Crippen LogP contribution < -0.4 is 0 Å². The lowest BCUT2D eigenvalue weighted by molar-refractivity contribution is -0.152. The van der Waals surface area contributed by atoms with E-state index in [1.165, 1.54) is 6.08 Å². The van der Waals surface area contributed by atoms with Crippen LogP contribution >= 0.6 is 0 Å². The van der Waals surface area contributed by atoms with Crippen molar-refractivity contribution >= 4 is 37.1 Å². The van der Waals surface area contributed by atoms with E-state index < -0.39 is 35.8 Å². The molecule has 0 aromatic carbocycles. The van der Waals surface area contributed by atoms with E-state index in [0.717, 1.165) is 0 Å². The van der Waals surface area contributed by atoms with Gasteiger partial charge >= 0.3 is 11.9 Å². The molecule has 0 spiro atoms. The molecule has 0 bridgehead atoms. The average molecular weight is 537 g/mol. The van der Waals surface area contributed by atoms with Crippen molar-refractivity contribution in [3.05, 3.63) is 23.3 Å². The van der Waals surface area contributed by atoms with Gasteiger partial charge < -0.3 is 29.3 Å². The standard InChI is InChI=1S/C28H40O10/c1-4-19(13-31)21(6-8-29)10-27(35)37-17-23(15-33)24-12-26(18(3)25(24)16-34)38-28(36)11-22(7-9-30)20(5-2)14-32/h4-5,8-9,13-14,18,21-26,33-34H,6-7,10-12,15-17H2,1-3H3. The second-order valence-corrected chi connectivity index (χ2v) is 9.68. The van der Waals surface area contributed by atoms with Crippen LogP contribution in [0.25, 0.3) is 0 Å². The van der Waals surface area contributed by atoms with Crippen molar-refractivity contribution in [3.8, 4) is 0 Å². The molecule has 7 unspecified atom stereocenters. The Morgan fingerprint density at radius 3 is 1.84 bits per heavy atom. The molecule has 7 atom stereocenters. The summed E-state index contributed by atoms with van der Waals surface area (Å²) in [6.07, 6.45) is 5.02. The van der Waals surface area contributed by atoms with Crippen LogP contribution in [0.2, 0.25) is 0 Å². The predicted molar refractivity (Wildman–Crippen MR) is 136 cm³/mol. The molecule has 0 aliphatic heterocycles. The number of carbonyl (C=O) groups excluding carboxylic acids is 6. The highest BCUT2D eigenvalue weighted by molar-refractivity contribution is 5.79. The van der Waals surface area contributed by atoms with Gasteiger partial charge in [0.05, 0.1) is 19.4 Å². The van der Waals surface area contributed by atoms with Gasteiger partial charge in [-0.25, -0.2) is 0 Å². The summed E-state index contributed by atoms with van der Waals surface area (Å²) < 4.78 is 11.1. The third-order valence-electron chi connectivity index (χ3n) is 7.58. The topological polar surface area (TPSA) is 161 Å². The Balaban J connectivity index is 2.86. The molecule has 212 valence electrons. The zero-order chi connectivity index (χ0) is 28.7. The Labute approximate surface area is 223 Å². The summed E-state index contributed by atoms with van der Waals surface area (Å²) in [4.78, 5) is 69.6. The lowest BCUT2D eigenvalue weighted by atomic mass is 9.82. The minimum absolute atomic E-state index is 0.00364. The maximum absolute atomic E-state index is 12.7. The number of aliphatic hydroxyl groups is 2. The normalized spacial score (nSPS) is 24.1. The highest BCUT2D eigenvalue weighted by Gasteiger charge is 2.45. The zero-order valence-corrected chi connectivity index (χ0v) is 22.3. The third-order valence-corrected chi connectivity index (χ3v) is 7.58. The highest BCUT2D eigenvalue weighted by atomic mass is 16.5. The number of hydrogen-bond donors (Lipinski definition) is 2. The molecule has 38 heavy (non-hydrogen) atoms. The number of ether oxygens (including phenoxy) is 2. The third kappa shape index (κ3) is 9.40. The van der Waals surface area contributed by atoms with Crippen molar-refractivity contribution in [1.29, 1.82) is 0 Å². The molecule has 0 aromatic heterocycles. The van der Waals surface area contributed by atoms with Gasteiger partial charge in [-0.1, -0.05) is 19.1 Å². The van der Waals surface area contributed by atoms with Gasteiger partial charge in [0.2, 0.25) is 0 Å². The molecule has 10 nitrogen and oxygen atoms in total. The van der Waals surface area contributed by atoms with Gasteiger partial charge in [-0.3, -0.25) is 19.2 Å². The van der Waals surface area contributed by atoms with Crippen molar-refractivity contribution in [2.75, 3.05) is 19.8 Å². The number of carbonyl (C=O) groups is 6. The Morgan fingerprint density at radius 2 is 1.42 bits per heavy atom. The fourth-order valence-electron chi connectivity index (χ4n) is 5.22. The fraction of sp³-hybridized carbons (Fsp3) is 0.643. The molecule has 10 heteroatoms. The maximum Gasteiger partial charge on any atom is 0.306 e. The van der Waals surface area contributed by atoms with E-state index in [4.69, 9.17) is 9.47 Å². The quantitative estimate of drug-likeness (QED) is 0.150. The van der Waals surface area contributed by atoms with E-state index in [-0.39, 0.29) is 63.3 Å². The van der Waals surface area contributed by atoms with Crippen LogP contribution in [-0.4, -0.2) is 73.2 Å². The molecule has 2 N–H and O–H groups in total. The summed E-state index contributed by atoms with van der Waals surface area (Å²) in [6, 6.07) is 0. The van der Waals surface area contributed by atoms with Gasteiger partial charge in [0.25, 0.3) is 0 Å². The van der Waals surface area contributed by atoms with E-state index in [9.17, 15) is 39.0 Å². The van der Waals surface area contributed by atoms with E-state index in [2.05, 4.69) is 0 Å². The number of aldehydes is 4. The largest absolute Gasteiger partial charge is 0.465 e. The predicted octanol–water partition coefficient (Wildman–Crippen LogP) is 1.80. The first-order chi connectivity index (χ1) is 18.2. The Morgan fingerprint density at radius 1 is 0.895 bits per heavy atom. The first-order valence-electron chi connectivity index (χ1n) is 12.9. The molecule has 1 fully saturated rings. The van der Waals surface area contributed by atoms with Crippen molar-refractivity contribution in [2.24, 2.45) is 35.5 Å².